The lowest BCUT2D eigenvalue weighted by molar-refractivity contribution is 0.107. The fraction of sp³-hybridized carbons (Fsp3) is 0.929. The third-order valence-electron chi connectivity index (χ3n) is 3.27. The second-order valence-electron chi connectivity index (χ2n) is 5.45. The van der Waals surface area contributed by atoms with E-state index in [1.54, 1.807) is 0 Å². The summed E-state index contributed by atoms with van der Waals surface area (Å²) >= 11 is 0. The van der Waals surface area contributed by atoms with Crippen molar-refractivity contribution in [2.75, 3.05) is 13.1 Å². The van der Waals surface area contributed by atoms with Gasteiger partial charge in [-0.25, -0.2) is 0 Å². The molecular formula is C14H29N3. The van der Waals surface area contributed by atoms with Crippen LogP contribution < -0.4 is 0 Å². The van der Waals surface area contributed by atoms with Crippen LogP contribution in [0, 0.1) is 5.92 Å². The number of unbranched alkanes of at least 4 members (excludes halogenated alkanes) is 2. The average molecular weight is 239 g/mol. The molecule has 1 aliphatic heterocycles. The molecule has 0 spiro atoms. The third-order valence-corrected chi connectivity index (χ3v) is 3.27. The van der Waals surface area contributed by atoms with E-state index in [-0.39, 0.29) is 0 Å². The highest BCUT2D eigenvalue weighted by atomic mass is 15.6. The predicted octanol–water partition coefficient (Wildman–Crippen LogP) is 3.52. The molecule has 0 aromatic heterocycles. The molecule has 17 heavy (non-hydrogen) atoms. The maximum absolute atomic E-state index is 4.58. The molecule has 100 valence electrons. The quantitative estimate of drug-likeness (QED) is 0.645. The van der Waals surface area contributed by atoms with Crippen molar-refractivity contribution in [3.8, 4) is 0 Å². The summed E-state index contributed by atoms with van der Waals surface area (Å²) in [4.78, 5) is 2.43. The topological polar surface area (TPSA) is 18.8 Å². The molecule has 0 saturated heterocycles. The van der Waals surface area contributed by atoms with Gasteiger partial charge in [0.1, 0.15) is 12.5 Å². The van der Waals surface area contributed by atoms with Crippen LogP contribution in [0.1, 0.15) is 59.8 Å². The molecule has 1 atom stereocenters. The molecule has 1 heterocycles. The van der Waals surface area contributed by atoms with Crippen LogP contribution in [0.3, 0.4) is 0 Å². The summed E-state index contributed by atoms with van der Waals surface area (Å²) in [6.07, 6.45) is 8.79. The van der Waals surface area contributed by atoms with E-state index >= 15 is 0 Å². The molecule has 0 bridgehead atoms. The van der Waals surface area contributed by atoms with Crippen molar-refractivity contribution in [2.45, 2.75) is 66.0 Å². The Balaban J connectivity index is 2.50. The Morgan fingerprint density at radius 3 is 2.35 bits per heavy atom. The van der Waals surface area contributed by atoms with Crippen LogP contribution in [0.2, 0.25) is 0 Å². The van der Waals surface area contributed by atoms with E-state index in [0.717, 1.165) is 19.0 Å². The van der Waals surface area contributed by atoms with Gasteiger partial charge in [0.05, 0.1) is 0 Å². The first-order chi connectivity index (χ1) is 8.19. The van der Waals surface area contributed by atoms with Gasteiger partial charge in [-0.1, -0.05) is 40.5 Å². The molecular weight excluding hydrogens is 210 g/mol. The van der Waals surface area contributed by atoms with Crippen molar-refractivity contribution >= 4 is 6.34 Å². The van der Waals surface area contributed by atoms with Gasteiger partial charge >= 0.3 is 0 Å². The molecule has 1 rings (SSSR count). The molecule has 0 aromatic rings. The summed E-state index contributed by atoms with van der Waals surface area (Å²) in [5.74, 6) is 0.731. The highest BCUT2D eigenvalue weighted by Crippen LogP contribution is 2.20. The van der Waals surface area contributed by atoms with E-state index in [4.69, 9.17) is 0 Å². The molecule has 0 aromatic carbocycles. The Morgan fingerprint density at radius 2 is 1.76 bits per heavy atom. The second-order valence-corrected chi connectivity index (χ2v) is 5.45. The predicted molar refractivity (Wildman–Crippen MR) is 75.0 cm³/mol. The molecule has 0 aliphatic carbocycles. The molecule has 0 amide bonds. The molecule has 0 fully saturated rings. The second kappa shape index (κ2) is 7.57. The van der Waals surface area contributed by atoms with Gasteiger partial charge in [-0.2, -0.15) is 5.10 Å². The van der Waals surface area contributed by atoms with Crippen molar-refractivity contribution in [1.29, 1.82) is 0 Å². The first kappa shape index (κ1) is 14.3. The number of hydrazone groups is 1. The highest BCUT2D eigenvalue weighted by molar-refractivity contribution is 5.57. The van der Waals surface area contributed by atoms with E-state index in [1.807, 2.05) is 0 Å². The van der Waals surface area contributed by atoms with Gasteiger partial charge in [0.2, 0.25) is 0 Å². The molecule has 3 heteroatoms. The summed E-state index contributed by atoms with van der Waals surface area (Å²) in [5.41, 5.74) is 0. The minimum absolute atomic E-state index is 0.507. The smallest absolute Gasteiger partial charge is 0.119 e. The summed E-state index contributed by atoms with van der Waals surface area (Å²) in [5, 5.41) is 6.87. The van der Waals surface area contributed by atoms with Gasteiger partial charge in [-0.05, 0) is 25.2 Å². The zero-order valence-corrected chi connectivity index (χ0v) is 12.0. The largest absolute Gasteiger partial charge is 0.339 e. The van der Waals surface area contributed by atoms with Crippen molar-refractivity contribution in [1.82, 2.24) is 9.91 Å². The highest BCUT2D eigenvalue weighted by Gasteiger charge is 2.27. The van der Waals surface area contributed by atoms with Crippen LogP contribution >= 0.6 is 0 Å². The van der Waals surface area contributed by atoms with E-state index < -0.39 is 0 Å². The summed E-state index contributed by atoms with van der Waals surface area (Å²) < 4.78 is 0. The number of rotatable bonds is 8. The van der Waals surface area contributed by atoms with Gasteiger partial charge in [0, 0.05) is 13.1 Å². The van der Waals surface area contributed by atoms with Gasteiger partial charge in [-0.15, -0.1) is 0 Å². The van der Waals surface area contributed by atoms with Crippen LogP contribution in [0.5, 0.6) is 0 Å². The Kier molecular flexibility index (Phi) is 6.38. The molecule has 0 saturated carbocycles. The van der Waals surface area contributed by atoms with Crippen molar-refractivity contribution in [2.24, 2.45) is 11.0 Å². The van der Waals surface area contributed by atoms with Crippen LogP contribution in [-0.2, 0) is 0 Å². The van der Waals surface area contributed by atoms with Gasteiger partial charge < -0.3 is 4.90 Å². The molecule has 1 aliphatic rings. The molecule has 0 radical (unpaired) electrons. The molecule has 1 unspecified atom stereocenters. The standard InChI is InChI=1S/C14H29N3/c1-5-7-9-16-12-15-17(10-8-6-2)14(16)11-13(3)4/h12-14H,5-11H2,1-4H3. The first-order valence-electron chi connectivity index (χ1n) is 7.25. The van der Waals surface area contributed by atoms with Gasteiger partial charge in [0.15, 0.2) is 0 Å². The first-order valence-corrected chi connectivity index (χ1v) is 7.25. The van der Waals surface area contributed by atoms with Crippen LogP contribution in [0.15, 0.2) is 5.10 Å². The average Bonchev–Trinajstić information content (AvgIpc) is 2.65. The number of hydrogen-bond acceptors (Lipinski definition) is 3. The Hall–Kier alpha value is -0.730. The van der Waals surface area contributed by atoms with E-state index in [2.05, 4.69) is 49.0 Å². The van der Waals surface area contributed by atoms with Crippen LogP contribution in [0.25, 0.3) is 0 Å². The lowest BCUT2D eigenvalue weighted by Gasteiger charge is -2.31. The Labute approximate surface area is 107 Å². The zero-order chi connectivity index (χ0) is 12.7. The lowest BCUT2D eigenvalue weighted by Crippen LogP contribution is -2.41. The van der Waals surface area contributed by atoms with Crippen molar-refractivity contribution in [3.05, 3.63) is 0 Å². The summed E-state index contributed by atoms with van der Waals surface area (Å²) in [6.45, 7) is 11.3. The monoisotopic (exact) mass is 239 g/mol. The number of hydrogen-bond donors (Lipinski definition) is 0. The Bertz CT molecular complexity index is 208. The maximum atomic E-state index is 4.58. The van der Waals surface area contributed by atoms with E-state index in [1.165, 1.54) is 32.1 Å². The van der Waals surface area contributed by atoms with E-state index in [0.29, 0.717) is 6.17 Å². The van der Waals surface area contributed by atoms with Crippen molar-refractivity contribution in [3.63, 3.8) is 0 Å². The maximum Gasteiger partial charge on any atom is 0.119 e. The minimum Gasteiger partial charge on any atom is -0.339 e. The minimum atomic E-state index is 0.507. The zero-order valence-electron chi connectivity index (χ0n) is 12.0. The van der Waals surface area contributed by atoms with E-state index in [9.17, 15) is 0 Å². The molecule has 0 N–H and O–H groups in total. The fourth-order valence-electron chi connectivity index (χ4n) is 2.21. The SMILES string of the molecule is CCCCN1C=NN(CCCC)C1CC(C)C. The third kappa shape index (κ3) is 4.57. The fourth-order valence-corrected chi connectivity index (χ4v) is 2.21. The summed E-state index contributed by atoms with van der Waals surface area (Å²) in [7, 11) is 0. The van der Waals surface area contributed by atoms with Gasteiger partial charge in [0.25, 0.3) is 0 Å². The van der Waals surface area contributed by atoms with Crippen LogP contribution in [-0.4, -0.2) is 35.5 Å². The number of nitrogens with zero attached hydrogens (tertiary/aromatic N) is 3. The summed E-state index contributed by atoms with van der Waals surface area (Å²) in [6, 6.07) is 0. The lowest BCUT2D eigenvalue weighted by atomic mass is 10.1. The molecule has 3 nitrogen and oxygen atoms in total. The van der Waals surface area contributed by atoms with Crippen molar-refractivity contribution < 1.29 is 0 Å². The van der Waals surface area contributed by atoms with Gasteiger partial charge in [-0.3, -0.25) is 5.01 Å². The van der Waals surface area contributed by atoms with Crippen LogP contribution in [0.4, 0.5) is 0 Å². The Morgan fingerprint density at radius 1 is 1.12 bits per heavy atom. The normalized spacial score (nSPS) is 19.7.